The SMILES string of the molecule is C=CCNCc1cccc(OCC)c1. The highest BCUT2D eigenvalue weighted by molar-refractivity contribution is 5.28. The van der Waals surface area contributed by atoms with E-state index in [4.69, 9.17) is 4.74 Å². The molecule has 1 aromatic rings. The van der Waals surface area contributed by atoms with Gasteiger partial charge in [-0.2, -0.15) is 0 Å². The molecule has 0 unspecified atom stereocenters. The second kappa shape index (κ2) is 6.22. The Labute approximate surface area is 85.6 Å². The first-order chi connectivity index (χ1) is 6.86. The number of hydrogen-bond acceptors (Lipinski definition) is 2. The summed E-state index contributed by atoms with van der Waals surface area (Å²) in [7, 11) is 0. The minimum absolute atomic E-state index is 0.712. The highest BCUT2D eigenvalue weighted by atomic mass is 16.5. The summed E-state index contributed by atoms with van der Waals surface area (Å²) in [4.78, 5) is 0. The van der Waals surface area contributed by atoms with Gasteiger partial charge in [-0.25, -0.2) is 0 Å². The van der Waals surface area contributed by atoms with Crippen LogP contribution in [0.4, 0.5) is 0 Å². The number of ether oxygens (including phenoxy) is 1. The van der Waals surface area contributed by atoms with Crippen molar-refractivity contribution in [1.29, 1.82) is 0 Å². The molecule has 2 nitrogen and oxygen atoms in total. The lowest BCUT2D eigenvalue weighted by Gasteiger charge is -2.06. The van der Waals surface area contributed by atoms with Gasteiger partial charge in [0, 0.05) is 13.1 Å². The Hall–Kier alpha value is -1.28. The van der Waals surface area contributed by atoms with Crippen molar-refractivity contribution in [3.63, 3.8) is 0 Å². The molecular formula is C12H17NO. The molecule has 0 atom stereocenters. The van der Waals surface area contributed by atoms with E-state index in [0.29, 0.717) is 6.61 Å². The molecular weight excluding hydrogens is 174 g/mol. The summed E-state index contributed by atoms with van der Waals surface area (Å²) >= 11 is 0. The zero-order valence-corrected chi connectivity index (χ0v) is 8.62. The Morgan fingerprint density at radius 1 is 1.50 bits per heavy atom. The molecule has 0 aliphatic carbocycles. The third-order valence-corrected chi connectivity index (χ3v) is 1.83. The maximum atomic E-state index is 5.40. The zero-order valence-electron chi connectivity index (χ0n) is 8.62. The van der Waals surface area contributed by atoms with Crippen LogP contribution in [0.1, 0.15) is 12.5 Å². The molecule has 0 bridgehead atoms. The lowest BCUT2D eigenvalue weighted by Crippen LogP contribution is -2.12. The van der Waals surface area contributed by atoms with Gasteiger partial charge < -0.3 is 10.1 Å². The van der Waals surface area contributed by atoms with E-state index in [1.54, 1.807) is 0 Å². The molecule has 0 aliphatic heterocycles. The second-order valence-electron chi connectivity index (χ2n) is 3.00. The molecule has 0 spiro atoms. The van der Waals surface area contributed by atoms with Crippen LogP contribution in [-0.4, -0.2) is 13.2 Å². The quantitative estimate of drug-likeness (QED) is 0.550. The van der Waals surface area contributed by atoms with Gasteiger partial charge in [0.2, 0.25) is 0 Å². The van der Waals surface area contributed by atoms with Crippen molar-refractivity contribution >= 4 is 0 Å². The molecule has 1 aromatic carbocycles. The zero-order chi connectivity index (χ0) is 10.2. The lowest BCUT2D eigenvalue weighted by molar-refractivity contribution is 0.340. The Morgan fingerprint density at radius 2 is 2.36 bits per heavy atom. The van der Waals surface area contributed by atoms with Crippen molar-refractivity contribution in [2.24, 2.45) is 0 Å². The maximum Gasteiger partial charge on any atom is 0.119 e. The van der Waals surface area contributed by atoms with Crippen LogP contribution in [0.3, 0.4) is 0 Å². The van der Waals surface area contributed by atoms with E-state index < -0.39 is 0 Å². The van der Waals surface area contributed by atoms with Gasteiger partial charge >= 0.3 is 0 Å². The van der Waals surface area contributed by atoms with Gasteiger partial charge in [-0.15, -0.1) is 6.58 Å². The third-order valence-electron chi connectivity index (χ3n) is 1.83. The van der Waals surface area contributed by atoms with Crippen LogP contribution < -0.4 is 10.1 Å². The van der Waals surface area contributed by atoms with Gasteiger partial charge in [0.25, 0.3) is 0 Å². The van der Waals surface area contributed by atoms with Crippen molar-refractivity contribution in [2.45, 2.75) is 13.5 Å². The van der Waals surface area contributed by atoms with Crippen LogP contribution in [0.15, 0.2) is 36.9 Å². The van der Waals surface area contributed by atoms with Crippen molar-refractivity contribution in [3.8, 4) is 5.75 Å². The van der Waals surface area contributed by atoms with Crippen molar-refractivity contribution in [1.82, 2.24) is 5.32 Å². The van der Waals surface area contributed by atoms with E-state index in [-0.39, 0.29) is 0 Å². The molecule has 1 rings (SSSR count). The van der Waals surface area contributed by atoms with Crippen LogP contribution in [0, 0.1) is 0 Å². The topological polar surface area (TPSA) is 21.3 Å². The minimum Gasteiger partial charge on any atom is -0.494 e. The Balaban J connectivity index is 2.50. The molecule has 0 fully saturated rings. The summed E-state index contributed by atoms with van der Waals surface area (Å²) in [5.74, 6) is 0.936. The summed E-state index contributed by atoms with van der Waals surface area (Å²) in [5.41, 5.74) is 1.23. The largest absolute Gasteiger partial charge is 0.494 e. The Bertz CT molecular complexity index is 283. The normalized spacial score (nSPS) is 9.79. The molecule has 76 valence electrons. The summed E-state index contributed by atoms with van der Waals surface area (Å²) < 4.78 is 5.40. The summed E-state index contributed by atoms with van der Waals surface area (Å²) in [6, 6.07) is 8.12. The van der Waals surface area contributed by atoms with Gasteiger partial charge in [0.1, 0.15) is 5.75 Å². The molecule has 2 heteroatoms. The predicted octanol–water partition coefficient (Wildman–Crippen LogP) is 2.36. The van der Waals surface area contributed by atoms with E-state index in [9.17, 15) is 0 Å². The molecule has 14 heavy (non-hydrogen) atoms. The van der Waals surface area contributed by atoms with Crippen molar-refractivity contribution in [3.05, 3.63) is 42.5 Å². The van der Waals surface area contributed by atoms with Crippen LogP contribution in [-0.2, 0) is 6.54 Å². The second-order valence-corrected chi connectivity index (χ2v) is 3.00. The molecule has 0 amide bonds. The van der Waals surface area contributed by atoms with E-state index in [1.807, 2.05) is 25.1 Å². The van der Waals surface area contributed by atoms with Crippen molar-refractivity contribution in [2.75, 3.05) is 13.2 Å². The summed E-state index contributed by atoms with van der Waals surface area (Å²) in [5, 5.41) is 3.25. The lowest BCUT2D eigenvalue weighted by atomic mass is 10.2. The number of rotatable bonds is 6. The number of hydrogen-bond donors (Lipinski definition) is 1. The standard InChI is InChI=1S/C12H17NO/c1-3-8-13-10-11-6-5-7-12(9-11)14-4-2/h3,5-7,9,13H,1,4,8,10H2,2H3. The van der Waals surface area contributed by atoms with Gasteiger partial charge in [-0.05, 0) is 24.6 Å². The fourth-order valence-electron chi connectivity index (χ4n) is 1.23. The number of benzene rings is 1. The molecule has 0 aromatic heterocycles. The predicted molar refractivity (Wildman–Crippen MR) is 59.5 cm³/mol. The third kappa shape index (κ3) is 3.62. The smallest absolute Gasteiger partial charge is 0.119 e. The van der Waals surface area contributed by atoms with Crippen LogP contribution in [0.2, 0.25) is 0 Å². The molecule has 0 heterocycles. The van der Waals surface area contributed by atoms with E-state index in [1.165, 1.54) is 5.56 Å². The molecule has 0 saturated carbocycles. The first kappa shape index (κ1) is 10.8. The van der Waals surface area contributed by atoms with Gasteiger partial charge in [-0.1, -0.05) is 18.2 Å². The fraction of sp³-hybridized carbons (Fsp3) is 0.333. The van der Waals surface area contributed by atoms with Crippen LogP contribution in [0.5, 0.6) is 5.75 Å². The summed E-state index contributed by atoms with van der Waals surface area (Å²) in [6.45, 7) is 8.04. The van der Waals surface area contributed by atoms with Crippen LogP contribution in [0.25, 0.3) is 0 Å². The van der Waals surface area contributed by atoms with E-state index >= 15 is 0 Å². The first-order valence-electron chi connectivity index (χ1n) is 4.90. The Morgan fingerprint density at radius 3 is 3.07 bits per heavy atom. The van der Waals surface area contributed by atoms with E-state index in [0.717, 1.165) is 18.8 Å². The van der Waals surface area contributed by atoms with Gasteiger partial charge in [-0.3, -0.25) is 0 Å². The molecule has 0 aliphatic rings. The average molecular weight is 191 g/mol. The van der Waals surface area contributed by atoms with Crippen molar-refractivity contribution < 1.29 is 4.74 Å². The molecule has 0 saturated heterocycles. The monoisotopic (exact) mass is 191 g/mol. The van der Waals surface area contributed by atoms with Gasteiger partial charge in [0.05, 0.1) is 6.61 Å². The average Bonchev–Trinajstić information content (AvgIpc) is 2.19. The minimum atomic E-state index is 0.712. The van der Waals surface area contributed by atoms with E-state index in [2.05, 4.69) is 24.0 Å². The van der Waals surface area contributed by atoms with Gasteiger partial charge in [0.15, 0.2) is 0 Å². The summed E-state index contributed by atoms with van der Waals surface area (Å²) in [6.07, 6.45) is 1.85. The molecule has 1 N–H and O–H groups in total. The Kier molecular flexibility index (Phi) is 4.79. The molecule has 0 radical (unpaired) electrons. The number of nitrogens with one attached hydrogen (secondary N) is 1. The maximum absolute atomic E-state index is 5.40. The van der Waals surface area contributed by atoms with Crippen LogP contribution >= 0.6 is 0 Å². The highest BCUT2D eigenvalue weighted by Gasteiger charge is 1.94. The first-order valence-corrected chi connectivity index (χ1v) is 4.90. The highest BCUT2D eigenvalue weighted by Crippen LogP contribution is 2.12. The fourth-order valence-corrected chi connectivity index (χ4v) is 1.23.